The minimum atomic E-state index is -6.92. The first kappa shape index (κ1) is 61.3. The number of halogens is 22. The Morgan fingerprint density at radius 2 is 0.483 bits per heavy atom. The Morgan fingerprint density at radius 1 is 0.281 bits per heavy atom. The minimum absolute atomic E-state index is 0.122. The molecule has 10 rings (SSSR count). The Hall–Kier alpha value is -10.8. The SMILES string of the molecule is O=C(c1c(F)c(F)c(N2C(=O)C=CC2=O)c(F)c1F)c1c(F)c(F)c(N2C(=O)c3ccc(C(c4ccc5c(c4)C(=O)N(c4c(F)c(F)c(C(=O)c6c(F)c(F)c(N7C(=O)C=CC7=O)c(F)c6F)c(F)c4F)C5=O)(C(F)(F)F)C(F)(F)F)cc3C2=O)c(F)c1F. The van der Waals surface area contributed by atoms with Gasteiger partial charge in [0.1, 0.15) is 45.0 Å². The van der Waals surface area contributed by atoms with Crippen molar-refractivity contribution in [2.24, 2.45) is 0 Å². The summed E-state index contributed by atoms with van der Waals surface area (Å²) in [7, 11) is 0. The van der Waals surface area contributed by atoms with Crippen LogP contribution < -0.4 is 19.6 Å². The molecule has 0 bridgehead atoms. The predicted octanol–water partition coefficient (Wildman–Crippen LogP) is 10.2. The van der Waals surface area contributed by atoms with Crippen molar-refractivity contribution in [1.29, 1.82) is 0 Å². The zero-order valence-corrected chi connectivity index (χ0v) is 41.5. The van der Waals surface area contributed by atoms with Crippen LogP contribution in [0.5, 0.6) is 0 Å². The fourth-order valence-corrected chi connectivity index (χ4v) is 9.89. The van der Waals surface area contributed by atoms with Crippen molar-refractivity contribution in [3.63, 3.8) is 0 Å². The number of imide groups is 4. The van der Waals surface area contributed by atoms with Crippen molar-refractivity contribution in [2.45, 2.75) is 17.8 Å². The summed E-state index contributed by atoms with van der Waals surface area (Å²) >= 11 is 0. The number of carbonyl (C=O) groups excluding carboxylic acids is 10. The number of carbonyl (C=O) groups is 10. The third kappa shape index (κ3) is 8.16. The Bertz CT molecular complexity index is 4140. The standard InChI is InChI=1S/C53H10F22N4O10/c54-25-21(26(55)34(63)41(33(25)62)76-17(80)5-6-18(76)81)45(84)23-29(58)37(66)43(38(67)30(23)59)78-47(86)13-3-1-11(9-15(13)49(78)88)51(52(70,71)72,53(73,74)75)12-2-4-14-16(10-12)50(89)79(48(14)87)44-39(68)31(60)24(32(61)40(44)69)46(85)22-27(56)35(64)42(36(65)28(22)57)77-19(82)7-8-20(77)83/h1-10H. The zero-order valence-electron chi connectivity index (χ0n) is 41.5. The van der Waals surface area contributed by atoms with Gasteiger partial charge in [0, 0.05) is 24.3 Å². The molecule has 8 amide bonds. The van der Waals surface area contributed by atoms with Gasteiger partial charge in [-0.05, 0) is 35.4 Å². The van der Waals surface area contributed by atoms with E-state index in [4.69, 9.17) is 0 Å². The third-order valence-electron chi connectivity index (χ3n) is 13.9. The van der Waals surface area contributed by atoms with E-state index < -0.39 is 280 Å². The zero-order chi connectivity index (χ0) is 66.0. The molecular weight excluding hydrogens is 1270 g/mol. The summed E-state index contributed by atoms with van der Waals surface area (Å²) in [6.45, 7) is 0. The molecule has 0 atom stereocenters. The van der Waals surface area contributed by atoms with Gasteiger partial charge in [0.15, 0.2) is 93.1 Å². The molecule has 0 fully saturated rings. The van der Waals surface area contributed by atoms with Crippen molar-refractivity contribution < 1.29 is 145 Å². The Morgan fingerprint density at radius 3 is 0.697 bits per heavy atom. The summed E-state index contributed by atoms with van der Waals surface area (Å²) in [4.78, 5) is 126. The van der Waals surface area contributed by atoms with Crippen molar-refractivity contribution >= 4 is 81.6 Å². The number of anilines is 4. The van der Waals surface area contributed by atoms with E-state index in [1.54, 1.807) is 0 Å². The van der Waals surface area contributed by atoms with Gasteiger partial charge in [-0.3, -0.25) is 47.9 Å². The van der Waals surface area contributed by atoms with Gasteiger partial charge in [-0.25, -0.2) is 89.8 Å². The van der Waals surface area contributed by atoms with Crippen molar-refractivity contribution in [1.82, 2.24) is 0 Å². The lowest BCUT2D eigenvalue weighted by molar-refractivity contribution is -0.288. The van der Waals surface area contributed by atoms with E-state index in [1.165, 1.54) is 0 Å². The van der Waals surface area contributed by atoms with Gasteiger partial charge < -0.3 is 0 Å². The number of amides is 8. The second-order valence-electron chi connectivity index (χ2n) is 18.4. The average molecular weight is 1280 g/mol. The van der Waals surface area contributed by atoms with Gasteiger partial charge in [-0.2, -0.15) is 26.3 Å². The fourth-order valence-electron chi connectivity index (χ4n) is 9.89. The fraction of sp³-hybridized carbons (Fsp3) is 0.0566. The lowest BCUT2D eigenvalue weighted by atomic mass is 9.71. The van der Waals surface area contributed by atoms with E-state index in [-0.39, 0.29) is 24.3 Å². The molecule has 0 saturated heterocycles. The van der Waals surface area contributed by atoms with Crippen molar-refractivity contribution in [3.05, 3.63) is 209 Å². The van der Waals surface area contributed by atoms with Crippen LogP contribution in [-0.4, -0.2) is 71.2 Å². The first-order valence-electron chi connectivity index (χ1n) is 23.2. The van der Waals surface area contributed by atoms with Crippen LogP contribution in [0.2, 0.25) is 0 Å². The summed E-state index contributed by atoms with van der Waals surface area (Å²) in [5, 5.41) is 0. The van der Waals surface area contributed by atoms with Gasteiger partial charge in [0.2, 0.25) is 17.0 Å². The number of nitrogens with zero attached hydrogens (tertiary/aromatic N) is 4. The highest BCUT2D eigenvalue weighted by molar-refractivity contribution is 6.36. The lowest BCUT2D eigenvalue weighted by Crippen LogP contribution is -2.55. The molecule has 6 aromatic carbocycles. The quantitative estimate of drug-likeness (QED) is 0.0554. The highest BCUT2D eigenvalue weighted by Gasteiger charge is 2.73. The number of hydrogen-bond donors (Lipinski definition) is 0. The van der Waals surface area contributed by atoms with Crippen LogP contribution in [0.15, 0.2) is 60.7 Å². The molecule has 0 saturated carbocycles. The number of rotatable bonds is 10. The molecule has 4 heterocycles. The number of benzene rings is 6. The molecule has 0 N–H and O–H groups in total. The number of hydrogen-bond acceptors (Lipinski definition) is 10. The van der Waals surface area contributed by atoms with Crippen LogP contribution in [0, 0.1) is 93.1 Å². The van der Waals surface area contributed by atoms with Gasteiger partial charge in [-0.1, -0.05) is 12.1 Å². The number of alkyl halides is 6. The number of ketones is 2. The molecule has 0 spiro atoms. The highest BCUT2D eigenvalue weighted by atomic mass is 19.4. The molecular formula is C53H10F22N4O10. The maximum Gasteiger partial charge on any atom is 0.411 e. The molecule has 14 nitrogen and oxygen atoms in total. The van der Waals surface area contributed by atoms with Crippen LogP contribution in [0.1, 0.15) is 84.4 Å². The van der Waals surface area contributed by atoms with Crippen LogP contribution >= 0.6 is 0 Å². The second-order valence-corrected chi connectivity index (χ2v) is 18.4. The molecule has 89 heavy (non-hydrogen) atoms. The molecule has 0 aliphatic carbocycles. The van der Waals surface area contributed by atoms with Gasteiger partial charge in [-0.15, -0.1) is 0 Å². The Balaban J connectivity index is 1.02. The van der Waals surface area contributed by atoms with Crippen molar-refractivity contribution in [3.8, 4) is 0 Å². The van der Waals surface area contributed by atoms with Gasteiger partial charge >= 0.3 is 12.4 Å². The van der Waals surface area contributed by atoms with E-state index >= 15 is 96.6 Å². The third-order valence-corrected chi connectivity index (χ3v) is 13.9. The van der Waals surface area contributed by atoms with Crippen molar-refractivity contribution in [2.75, 3.05) is 19.6 Å². The molecule has 6 aromatic rings. The highest BCUT2D eigenvalue weighted by Crippen LogP contribution is 2.57. The summed E-state index contributed by atoms with van der Waals surface area (Å²) in [6.07, 6.45) is -12.5. The van der Waals surface area contributed by atoms with Crippen LogP contribution in [0.25, 0.3) is 0 Å². The van der Waals surface area contributed by atoms with E-state index in [9.17, 15) is 47.9 Å². The summed E-state index contributed by atoms with van der Waals surface area (Å²) < 4.78 is 342. The Kier molecular flexibility index (Phi) is 13.8. The van der Waals surface area contributed by atoms with Gasteiger partial charge in [0.25, 0.3) is 47.3 Å². The smallest absolute Gasteiger partial charge is 0.288 e. The van der Waals surface area contributed by atoms with E-state index in [1.807, 2.05) is 0 Å². The van der Waals surface area contributed by atoms with Crippen LogP contribution in [0.4, 0.5) is 119 Å². The lowest BCUT2D eigenvalue weighted by Gasteiger charge is -2.38. The first-order valence-corrected chi connectivity index (χ1v) is 23.2. The van der Waals surface area contributed by atoms with Gasteiger partial charge in [0.05, 0.1) is 22.3 Å². The van der Waals surface area contributed by atoms with E-state index in [2.05, 4.69) is 0 Å². The molecule has 4 aliphatic heterocycles. The molecule has 0 aromatic heterocycles. The average Bonchev–Trinajstić information content (AvgIpc) is 1.69. The first-order chi connectivity index (χ1) is 41.3. The molecule has 4 aliphatic rings. The van der Waals surface area contributed by atoms with E-state index in [0.717, 1.165) is 0 Å². The normalized spacial score (nSPS) is 15.2. The minimum Gasteiger partial charge on any atom is -0.288 e. The molecule has 0 unspecified atom stereocenters. The van der Waals surface area contributed by atoms with E-state index in [0.29, 0.717) is 24.3 Å². The second kappa shape index (κ2) is 20.1. The summed E-state index contributed by atoms with van der Waals surface area (Å²) in [6, 6.07) is -1.83. The monoisotopic (exact) mass is 1280 g/mol. The maximum absolute atomic E-state index is 15.9. The molecule has 456 valence electrons. The van der Waals surface area contributed by atoms with Crippen LogP contribution in [0.3, 0.4) is 0 Å². The summed E-state index contributed by atoms with van der Waals surface area (Å²) in [5.41, 5.74) is -37.7. The molecule has 36 heteroatoms. The Labute approximate surface area is 472 Å². The van der Waals surface area contributed by atoms with Crippen LogP contribution in [-0.2, 0) is 24.6 Å². The topological polar surface area (TPSA) is 184 Å². The summed E-state index contributed by atoms with van der Waals surface area (Å²) in [5.74, 6) is -70.7. The predicted molar refractivity (Wildman–Crippen MR) is 243 cm³/mol. The maximum atomic E-state index is 15.9. The largest absolute Gasteiger partial charge is 0.411 e. The number of fused-ring (bicyclic) bond motifs is 2. The molecule has 0 radical (unpaired) electrons.